The lowest BCUT2D eigenvalue weighted by Crippen LogP contribution is -2.38. The summed E-state index contributed by atoms with van der Waals surface area (Å²) in [5.41, 5.74) is 3.46. The molecule has 0 fully saturated rings. The van der Waals surface area contributed by atoms with Gasteiger partial charge in [-0.2, -0.15) is 0 Å². The second-order valence-electron chi connectivity index (χ2n) is 6.86. The maximum absolute atomic E-state index is 12.7. The normalized spacial score (nSPS) is 16.2. The maximum Gasteiger partial charge on any atom is 0.227 e. The smallest absolute Gasteiger partial charge is 0.227 e. The van der Waals surface area contributed by atoms with Crippen LogP contribution in [0.4, 0.5) is 5.69 Å². The van der Waals surface area contributed by atoms with Crippen LogP contribution < -0.4 is 4.90 Å². The number of fused-ring (bicyclic) bond motifs is 2. The van der Waals surface area contributed by atoms with E-state index in [1.165, 1.54) is 16.0 Å². The lowest BCUT2D eigenvalue weighted by Gasteiger charge is -2.30. The van der Waals surface area contributed by atoms with Gasteiger partial charge < -0.3 is 9.80 Å². The van der Waals surface area contributed by atoms with Gasteiger partial charge in [0.15, 0.2) is 0 Å². The highest BCUT2D eigenvalue weighted by molar-refractivity contribution is 9.10. The van der Waals surface area contributed by atoms with Gasteiger partial charge in [-0.3, -0.25) is 9.59 Å². The lowest BCUT2D eigenvalue weighted by atomic mass is 10.0. The zero-order valence-corrected chi connectivity index (χ0v) is 16.9. The molecule has 0 atom stereocenters. The Morgan fingerprint density at radius 1 is 1.04 bits per heavy atom. The molecule has 0 aliphatic carbocycles. The molecule has 4 rings (SSSR count). The molecule has 2 aliphatic rings. The largest absolute Gasteiger partial charge is 0.338 e. The first kappa shape index (κ1) is 17.7. The number of nitrogens with zero attached hydrogens (tertiary/aromatic N) is 2. The van der Waals surface area contributed by atoms with Crippen molar-refractivity contribution in [2.24, 2.45) is 0 Å². The number of hydrogen-bond donors (Lipinski definition) is 0. The number of anilines is 1. The van der Waals surface area contributed by atoms with Crippen LogP contribution in [0, 0.1) is 0 Å². The Morgan fingerprint density at radius 2 is 1.88 bits per heavy atom. The summed E-state index contributed by atoms with van der Waals surface area (Å²) in [5, 5.41) is 2.09. The molecule has 0 radical (unpaired) electrons. The SMILES string of the molecule is O=C(CCC(=O)N1CCCc2cc(Br)ccc21)N1CCc2sccc2C1. The minimum atomic E-state index is 0.0508. The fraction of sp³-hybridized carbons (Fsp3) is 0.400. The number of carbonyl (C=O) groups excluding carboxylic acids is 2. The third-order valence-corrected chi connectivity index (χ3v) is 6.69. The molecule has 1 aromatic carbocycles. The van der Waals surface area contributed by atoms with Crippen molar-refractivity contribution in [2.45, 2.75) is 38.6 Å². The number of amides is 2. The lowest BCUT2D eigenvalue weighted by molar-refractivity contribution is -0.134. The molecule has 136 valence electrons. The van der Waals surface area contributed by atoms with Crippen molar-refractivity contribution in [2.75, 3.05) is 18.0 Å². The molecule has 0 N–H and O–H groups in total. The Kier molecular flexibility index (Phi) is 5.14. The molecule has 2 aliphatic heterocycles. The second kappa shape index (κ2) is 7.53. The van der Waals surface area contributed by atoms with E-state index in [0.29, 0.717) is 13.0 Å². The number of carbonyl (C=O) groups is 2. The first-order valence-corrected chi connectivity index (χ1v) is 10.7. The molecule has 1 aromatic heterocycles. The van der Waals surface area contributed by atoms with Crippen molar-refractivity contribution in [3.63, 3.8) is 0 Å². The van der Waals surface area contributed by atoms with Gasteiger partial charge in [0, 0.05) is 47.5 Å². The van der Waals surface area contributed by atoms with Gasteiger partial charge in [-0.15, -0.1) is 11.3 Å². The summed E-state index contributed by atoms with van der Waals surface area (Å²) >= 11 is 5.27. The molecule has 0 unspecified atom stereocenters. The summed E-state index contributed by atoms with van der Waals surface area (Å²) in [4.78, 5) is 30.4. The van der Waals surface area contributed by atoms with Crippen molar-refractivity contribution in [3.8, 4) is 0 Å². The summed E-state index contributed by atoms with van der Waals surface area (Å²) in [7, 11) is 0. The molecule has 0 saturated heterocycles. The van der Waals surface area contributed by atoms with Crippen molar-refractivity contribution in [3.05, 3.63) is 50.1 Å². The molecular weight excluding hydrogens is 412 g/mol. The van der Waals surface area contributed by atoms with Crippen LogP contribution in [-0.2, 0) is 29.0 Å². The Hall–Kier alpha value is -1.66. The summed E-state index contributed by atoms with van der Waals surface area (Å²) < 4.78 is 1.04. The van der Waals surface area contributed by atoms with Crippen molar-refractivity contribution in [1.82, 2.24) is 4.90 Å². The van der Waals surface area contributed by atoms with Crippen LogP contribution in [0.1, 0.15) is 35.3 Å². The van der Waals surface area contributed by atoms with Crippen molar-refractivity contribution in [1.29, 1.82) is 0 Å². The fourth-order valence-corrected chi connectivity index (χ4v) is 5.09. The zero-order chi connectivity index (χ0) is 18.1. The highest BCUT2D eigenvalue weighted by Crippen LogP contribution is 2.30. The van der Waals surface area contributed by atoms with Crippen LogP contribution in [0.15, 0.2) is 34.1 Å². The maximum atomic E-state index is 12.7. The van der Waals surface area contributed by atoms with Crippen LogP contribution in [0.25, 0.3) is 0 Å². The molecule has 26 heavy (non-hydrogen) atoms. The van der Waals surface area contributed by atoms with E-state index in [1.807, 2.05) is 21.9 Å². The molecule has 4 nitrogen and oxygen atoms in total. The van der Waals surface area contributed by atoms with E-state index in [4.69, 9.17) is 0 Å². The highest BCUT2D eigenvalue weighted by Gasteiger charge is 2.25. The molecule has 0 saturated carbocycles. The number of aryl methyl sites for hydroxylation is 1. The molecule has 2 aromatic rings. The molecule has 2 amide bonds. The minimum Gasteiger partial charge on any atom is -0.338 e. The second-order valence-corrected chi connectivity index (χ2v) is 8.77. The predicted molar refractivity (Wildman–Crippen MR) is 107 cm³/mol. The van der Waals surface area contributed by atoms with E-state index < -0.39 is 0 Å². The molecule has 0 bridgehead atoms. The number of thiophene rings is 1. The van der Waals surface area contributed by atoms with Gasteiger partial charge in [-0.05, 0) is 60.0 Å². The minimum absolute atomic E-state index is 0.0508. The Labute approximate surface area is 165 Å². The Bertz CT molecular complexity index is 848. The molecule has 3 heterocycles. The summed E-state index contributed by atoms with van der Waals surface area (Å²) in [5.74, 6) is 0.137. The molecule has 6 heteroatoms. The quantitative estimate of drug-likeness (QED) is 0.730. The molecule has 0 spiro atoms. The third kappa shape index (κ3) is 3.58. The first-order chi connectivity index (χ1) is 12.6. The van der Waals surface area contributed by atoms with Gasteiger partial charge in [0.25, 0.3) is 0 Å². The first-order valence-electron chi connectivity index (χ1n) is 9.03. The number of hydrogen-bond acceptors (Lipinski definition) is 3. The number of rotatable bonds is 3. The van der Waals surface area contributed by atoms with Crippen LogP contribution in [0.3, 0.4) is 0 Å². The predicted octanol–water partition coefficient (Wildman–Crippen LogP) is 4.15. The fourth-order valence-electron chi connectivity index (χ4n) is 3.79. The number of halogens is 1. The van der Waals surface area contributed by atoms with Crippen LogP contribution >= 0.6 is 27.3 Å². The van der Waals surface area contributed by atoms with E-state index in [1.54, 1.807) is 11.3 Å². The topological polar surface area (TPSA) is 40.6 Å². The summed E-state index contributed by atoms with van der Waals surface area (Å²) in [6.45, 7) is 2.19. The van der Waals surface area contributed by atoms with E-state index >= 15 is 0 Å². The summed E-state index contributed by atoms with van der Waals surface area (Å²) in [6, 6.07) is 8.17. The average molecular weight is 433 g/mol. The van der Waals surface area contributed by atoms with E-state index in [0.717, 1.165) is 42.5 Å². The van der Waals surface area contributed by atoms with Crippen molar-refractivity contribution < 1.29 is 9.59 Å². The Morgan fingerprint density at radius 3 is 2.77 bits per heavy atom. The Balaban J connectivity index is 1.37. The van der Waals surface area contributed by atoms with E-state index in [-0.39, 0.29) is 18.2 Å². The summed E-state index contributed by atoms with van der Waals surface area (Å²) in [6.07, 6.45) is 3.47. The van der Waals surface area contributed by atoms with Crippen LogP contribution in [-0.4, -0.2) is 29.8 Å². The van der Waals surface area contributed by atoms with Gasteiger partial charge in [-0.25, -0.2) is 0 Å². The van der Waals surface area contributed by atoms with Crippen molar-refractivity contribution >= 4 is 44.8 Å². The number of benzene rings is 1. The van der Waals surface area contributed by atoms with Gasteiger partial charge >= 0.3 is 0 Å². The third-order valence-electron chi connectivity index (χ3n) is 5.17. The van der Waals surface area contributed by atoms with Gasteiger partial charge in [0.05, 0.1) is 0 Å². The molecular formula is C20H21BrN2O2S. The van der Waals surface area contributed by atoms with Gasteiger partial charge in [-0.1, -0.05) is 15.9 Å². The van der Waals surface area contributed by atoms with Gasteiger partial charge in [0.1, 0.15) is 0 Å². The van der Waals surface area contributed by atoms with Gasteiger partial charge in [0.2, 0.25) is 11.8 Å². The monoisotopic (exact) mass is 432 g/mol. The average Bonchev–Trinajstić information content (AvgIpc) is 3.12. The van der Waals surface area contributed by atoms with E-state index in [2.05, 4.69) is 33.4 Å². The van der Waals surface area contributed by atoms with E-state index in [9.17, 15) is 9.59 Å². The van der Waals surface area contributed by atoms with Crippen LogP contribution in [0.2, 0.25) is 0 Å². The standard InChI is InChI=1S/C20H21BrN2O2S/c21-16-3-4-17-14(12-16)2-1-9-23(17)20(25)6-5-19(24)22-10-7-18-15(13-22)8-11-26-18/h3-4,8,11-12H,1-2,5-7,9-10,13H2. The highest BCUT2D eigenvalue weighted by atomic mass is 79.9. The van der Waals surface area contributed by atoms with Crippen LogP contribution in [0.5, 0.6) is 0 Å². The zero-order valence-electron chi connectivity index (χ0n) is 14.5.